The Bertz CT molecular complexity index is 862. The van der Waals surface area contributed by atoms with Gasteiger partial charge in [0.15, 0.2) is 11.5 Å². The molecule has 2 rings (SSSR count). The van der Waals surface area contributed by atoms with E-state index in [9.17, 15) is 14.7 Å². The highest BCUT2D eigenvalue weighted by atomic mass is 16.5. The maximum atomic E-state index is 11.3. The van der Waals surface area contributed by atoms with E-state index in [2.05, 4.69) is 0 Å². The highest BCUT2D eigenvalue weighted by Crippen LogP contribution is 2.35. The summed E-state index contributed by atoms with van der Waals surface area (Å²) in [5.74, 6) is -0.371. The number of carboxylic acids is 2. The number of carboxylic acid groups (broad SMARTS) is 2. The minimum Gasteiger partial charge on any atom is -0.496 e. The van der Waals surface area contributed by atoms with Gasteiger partial charge in [0.05, 0.1) is 20.8 Å². The van der Waals surface area contributed by atoms with E-state index in [1.165, 1.54) is 26.4 Å². The van der Waals surface area contributed by atoms with Gasteiger partial charge in [0.2, 0.25) is 0 Å². The van der Waals surface area contributed by atoms with Gasteiger partial charge in [-0.05, 0) is 37.0 Å². The lowest BCUT2D eigenvalue weighted by Crippen LogP contribution is -2.04. The van der Waals surface area contributed by atoms with E-state index < -0.39 is 11.9 Å². The molecule has 8 heteroatoms. The molecule has 2 aromatic rings. The van der Waals surface area contributed by atoms with Gasteiger partial charge in [0.25, 0.3) is 0 Å². The number of unbranched alkanes of at least 4 members (excludes halogenated alkanes) is 2. The van der Waals surface area contributed by atoms with Gasteiger partial charge in [0.1, 0.15) is 23.7 Å². The van der Waals surface area contributed by atoms with Gasteiger partial charge in [-0.1, -0.05) is 12.1 Å². The number of benzene rings is 2. The first-order chi connectivity index (χ1) is 14.4. The highest BCUT2D eigenvalue weighted by Gasteiger charge is 2.17. The second-order valence-corrected chi connectivity index (χ2v) is 6.50. The Morgan fingerprint density at radius 3 is 2.30 bits per heavy atom. The predicted octanol–water partition coefficient (Wildman–Crippen LogP) is 4.00. The zero-order chi connectivity index (χ0) is 21.9. The number of methoxy groups -OCH3 is 2. The van der Waals surface area contributed by atoms with Gasteiger partial charge in [0, 0.05) is 18.6 Å². The number of aliphatic carboxylic acids is 1. The molecule has 0 saturated heterocycles. The van der Waals surface area contributed by atoms with Crippen LogP contribution in [0.3, 0.4) is 0 Å². The zero-order valence-electron chi connectivity index (χ0n) is 17.1. The summed E-state index contributed by atoms with van der Waals surface area (Å²) in [7, 11) is 2.83. The van der Waals surface area contributed by atoms with Crippen molar-refractivity contribution >= 4 is 11.9 Å². The molecule has 0 aliphatic carbocycles. The second-order valence-electron chi connectivity index (χ2n) is 6.50. The van der Waals surface area contributed by atoms with Crippen molar-refractivity contribution in [1.82, 2.24) is 0 Å². The molecule has 0 heterocycles. The fourth-order valence-corrected chi connectivity index (χ4v) is 2.78. The molecule has 0 aromatic heterocycles. The molecule has 0 saturated carbocycles. The summed E-state index contributed by atoms with van der Waals surface area (Å²) in [6, 6.07) is 10.3. The van der Waals surface area contributed by atoms with Gasteiger partial charge in [-0.25, -0.2) is 4.79 Å². The summed E-state index contributed by atoms with van der Waals surface area (Å²) in [5, 5.41) is 17.9. The monoisotopic (exact) mass is 418 g/mol. The molecule has 2 aromatic carbocycles. The van der Waals surface area contributed by atoms with Crippen LogP contribution >= 0.6 is 0 Å². The third kappa shape index (κ3) is 6.88. The number of carbonyl (C=O) groups is 2. The normalized spacial score (nSPS) is 10.3. The van der Waals surface area contributed by atoms with E-state index in [0.717, 1.165) is 18.4 Å². The summed E-state index contributed by atoms with van der Waals surface area (Å²) in [6.45, 7) is 0.730. The lowest BCUT2D eigenvalue weighted by molar-refractivity contribution is -0.137. The molecule has 2 N–H and O–H groups in total. The van der Waals surface area contributed by atoms with Crippen LogP contribution in [0.5, 0.6) is 23.0 Å². The Kier molecular flexibility index (Phi) is 8.80. The van der Waals surface area contributed by atoms with Crippen molar-refractivity contribution in [2.24, 2.45) is 0 Å². The molecule has 0 amide bonds. The quantitative estimate of drug-likeness (QED) is 0.470. The van der Waals surface area contributed by atoms with Crippen LogP contribution < -0.4 is 18.9 Å². The third-order valence-corrected chi connectivity index (χ3v) is 4.31. The molecule has 0 atom stereocenters. The Hall–Kier alpha value is -3.42. The van der Waals surface area contributed by atoms with E-state index in [1.807, 2.05) is 24.3 Å². The maximum Gasteiger partial charge on any atom is 0.339 e. The van der Waals surface area contributed by atoms with E-state index >= 15 is 0 Å². The van der Waals surface area contributed by atoms with Crippen LogP contribution in [0.4, 0.5) is 0 Å². The lowest BCUT2D eigenvalue weighted by atomic mass is 10.1. The van der Waals surface area contributed by atoms with E-state index in [1.54, 1.807) is 0 Å². The Morgan fingerprint density at radius 1 is 0.867 bits per heavy atom. The first kappa shape index (κ1) is 22.9. The highest BCUT2D eigenvalue weighted by molar-refractivity contribution is 5.92. The fraction of sp³-hybridized carbons (Fsp3) is 0.364. The van der Waals surface area contributed by atoms with E-state index in [-0.39, 0.29) is 24.3 Å². The zero-order valence-corrected chi connectivity index (χ0v) is 17.1. The largest absolute Gasteiger partial charge is 0.496 e. The van der Waals surface area contributed by atoms with Gasteiger partial charge < -0.3 is 29.2 Å². The molecule has 0 fully saturated rings. The second kappa shape index (κ2) is 11.5. The van der Waals surface area contributed by atoms with Gasteiger partial charge in [-0.15, -0.1) is 0 Å². The number of ether oxygens (including phenoxy) is 4. The van der Waals surface area contributed by atoms with Crippen molar-refractivity contribution < 1.29 is 38.7 Å². The number of hydrogen-bond acceptors (Lipinski definition) is 6. The molecule has 0 spiro atoms. The van der Waals surface area contributed by atoms with Crippen LogP contribution in [0.15, 0.2) is 36.4 Å². The lowest BCUT2D eigenvalue weighted by Gasteiger charge is -2.14. The molecule has 8 nitrogen and oxygen atoms in total. The summed E-state index contributed by atoms with van der Waals surface area (Å²) < 4.78 is 21.9. The molecule has 0 radical (unpaired) electrons. The minimum absolute atomic E-state index is 0.0135. The number of hydrogen-bond donors (Lipinski definition) is 2. The van der Waals surface area contributed by atoms with Crippen LogP contribution in [-0.2, 0) is 11.4 Å². The molecule has 0 bridgehead atoms. The van der Waals surface area contributed by atoms with E-state index in [4.69, 9.17) is 24.1 Å². The Morgan fingerprint density at radius 2 is 1.63 bits per heavy atom. The first-order valence-corrected chi connectivity index (χ1v) is 9.50. The molecule has 30 heavy (non-hydrogen) atoms. The Labute approximate surface area is 175 Å². The molecule has 0 aliphatic rings. The molecule has 162 valence electrons. The van der Waals surface area contributed by atoms with Crippen LogP contribution in [0.25, 0.3) is 0 Å². The molecule has 0 unspecified atom stereocenters. The smallest absolute Gasteiger partial charge is 0.339 e. The van der Waals surface area contributed by atoms with Crippen LogP contribution in [-0.4, -0.2) is 43.0 Å². The SMILES string of the molecule is COc1cc(C(=O)O)c(OC)cc1OCc1cccc(OCCCCCC(=O)O)c1. The van der Waals surface area contributed by atoms with Crippen molar-refractivity contribution in [1.29, 1.82) is 0 Å². The van der Waals surface area contributed by atoms with E-state index in [0.29, 0.717) is 30.3 Å². The van der Waals surface area contributed by atoms with Crippen molar-refractivity contribution in [2.45, 2.75) is 32.3 Å². The molecule has 0 aliphatic heterocycles. The summed E-state index contributed by atoms with van der Waals surface area (Å²) in [4.78, 5) is 21.8. The fourth-order valence-electron chi connectivity index (χ4n) is 2.78. The van der Waals surface area contributed by atoms with Crippen molar-refractivity contribution in [3.05, 3.63) is 47.5 Å². The topological polar surface area (TPSA) is 112 Å². The van der Waals surface area contributed by atoms with Gasteiger partial charge in [-0.3, -0.25) is 4.79 Å². The number of aromatic carboxylic acids is 1. The molecular weight excluding hydrogens is 392 g/mol. The van der Waals surface area contributed by atoms with Crippen molar-refractivity contribution in [3.63, 3.8) is 0 Å². The third-order valence-electron chi connectivity index (χ3n) is 4.31. The summed E-state index contributed by atoms with van der Waals surface area (Å²) >= 11 is 0. The minimum atomic E-state index is -1.12. The van der Waals surface area contributed by atoms with Gasteiger partial charge in [-0.2, -0.15) is 0 Å². The standard InChI is InChI=1S/C22H26O8/c1-27-18-13-20(19(28-2)12-17(18)22(25)26)30-14-15-7-6-8-16(11-15)29-10-5-3-4-9-21(23)24/h6-8,11-13H,3-5,9-10,14H2,1-2H3,(H,23,24)(H,25,26). The average molecular weight is 418 g/mol. The Balaban J connectivity index is 1.95. The number of rotatable bonds is 13. The van der Waals surface area contributed by atoms with Crippen molar-refractivity contribution in [3.8, 4) is 23.0 Å². The first-order valence-electron chi connectivity index (χ1n) is 9.50. The maximum absolute atomic E-state index is 11.3. The predicted molar refractivity (Wildman–Crippen MR) is 109 cm³/mol. The van der Waals surface area contributed by atoms with Crippen LogP contribution in [0.1, 0.15) is 41.6 Å². The van der Waals surface area contributed by atoms with Crippen LogP contribution in [0.2, 0.25) is 0 Å². The average Bonchev–Trinajstić information content (AvgIpc) is 2.74. The summed E-state index contributed by atoms with van der Waals surface area (Å²) in [5.41, 5.74) is 0.849. The van der Waals surface area contributed by atoms with Crippen molar-refractivity contribution in [2.75, 3.05) is 20.8 Å². The molecular formula is C22H26O8. The van der Waals surface area contributed by atoms with Gasteiger partial charge >= 0.3 is 11.9 Å². The summed E-state index contributed by atoms with van der Waals surface area (Å²) in [6.07, 6.45) is 2.39. The van der Waals surface area contributed by atoms with Crippen LogP contribution in [0, 0.1) is 0 Å².